The number of ether oxygens (including phenoxy) is 2. The Bertz CT molecular complexity index is 1510. The third kappa shape index (κ3) is 7.15. The minimum atomic E-state index is -1.25. The van der Waals surface area contributed by atoms with Crippen molar-refractivity contribution in [1.29, 1.82) is 0 Å². The Labute approximate surface area is 247 Å². The van der Waals surface area contributed by atoms with E-state index < -0.39 is 14.2 Å². The molecule has 4 aromatic rings. The highest BCUT2D eigenvalue weighted by molar-refractivity contribution is 9.10. The van der Waals surface area contributed by atoms with E-state index in [1.165, 1.54) is 0 Å². The molecule has 220 valence electrons. The van der Waals surface area contributed by atoms with Crippen LogP contribution in [0, 0.1) is 0 Å². The highest BCUT2D eigenvalue weighted by atomic mass is 79.9. The number of rotatable bonds is 12. The van der Waals surface area contributed by atoms with E-state index in [0.29, 0.717) is 76.7 Å². The third-order valence-corrected chi connectivity index (χ3v) is 9.09. The second-order valence-electron chi connectivity index (χ2n) is 11.1. The number of benzene rings is 1. The lowest BCUT2D eigenvalue weighted by molar-refractivity contribution is 0.0880. The maximum Gasteiger partial charge on any atom is 0.404 e. The molecule has 0 saturated carbocycles. The highest BCUT2D eigenvalue weighted by Crippen LogP contribution is 2.25. The van der Waals surface area contributed by atoms with Gasteiger partial charge >= 0.3 is 6.09 Å². The van der Waals surface area contributed by atoms with E-state index in [1.807, 2.05) is 18.2 Å². The topological polar surface area (TPSA) is 144 Å². The van der Waals surface area contributed by atoms with Gasteiger partial charge < -0.3 is 34.7 Å². The van der Waals surface area contributed by atoms with Gasteiger partial charge in [-0.05, 0) is 40.0 Å². The Morgan fingerprint density at radius 2 is 2.00 bits per heavy atom. The van der Waals surface area contributed by atoms with Crippen molar-refractivity contribution in [1.82, 2.24) is 34.4 Å². The summed E-state index contributed by atoms with van der Waals surface area (Å²) >= 11 is 3.56. The van der Waals surface area contributed by atoms with E-state index in [2.05, 4.69) is 60.8 Å². The summed E-state index contributed by atoms with van der Waals surface area (Å²) in [6.07, 6.45) is 1.20. The summed E-state index contributed by atoms with van der Waals surface area (Å²) in [5, 5.41) is 19.4. The number of amides is 1. The SMILES string of the molecule is C[Si](C)(C)CCOCn1c(CNc2nc(N3CCOCC3)nc3c(Br)cnn23)nc2cccc(CCNC(=O)O)c21. The number of imidazole rings is 1. The average Bonchev–Trinajstić information content (AvgIpc) is 3.50. The van der Waals surface area contributed by atoms with E-state index in [0.717, 1.165) is 32.9 Å². The van der Waals surface area contributed by atoms with Crippen LogP contribution in [-0.2, 0) is 29.2 Å². The Morgan fingerprint density at radius 3 is 2.76 bits per heavy atom. The first-order chi connectivity index (χ1) is 19.7. The fourth-order valence-electron chi connectivity index (χ4n) is 4.64. The molecule has 0 radical (unpaired) electrons. The minimum Gasteiger partial charge on any atom is -0.465 e. The van der Waals surface area contributed by atoms with Crippen molar-refractivity contribution in [3.8, 4) is 0 Å². The van der Waals surface area contributed by atoms with E-state index in [1.54, 1.807) is 10.7 Å². The molecular formula is C26H36BrN9O4Si. The maximum absolute atomic E-state index is 11.0. The number of morpholine rings is 1. The van der Waals surface area contributed by atoms with Gasteiger partial charge in [0.1, 0.15) is 12.6 Å². The van der Waals surface area contributed by atoms with Gasteiger partial charge in [-0.2, -0.15) is 19.6 Å². The van der Waals surface area contributed by atoms with Crippen LogP contribution in [0.2, 0.25) is 25.7 Å². The van der Waals surface area contributed by atoms with Crippen molar-refractivity contribution in [2.24, 2.45) is 0 Å². The van der Waals surface area contributed by atoms with Crippen LogP contribution < -0.4 is 15.5 Å². The lowest BCUT2D eigenvalue weighted by Crippen LogP contribution is -2.37. The molecule has 15 heteroatoms. The molecule has 1 amide bonds. The summed E-state index contributed by atoms with van der Waals surface area (Å²) in [5.41, 5.74) is 3.43. The number of para-hydroxylation sites is 1. The number of carbonyl (C=O) groups is 1. The molecule has 13 nitrogen and oxygen atoms in total. The molecule has 4 heterocycles. The Morgan fingerprint density at radius 1 is 1.20 bits per heavy atom. The molecule has 1 aliphatic heterocycles. The largest absolute Gasteiger partial charge is 0.465 e. The molecule has 3 N–H and O–H groups in total. The van der Waals surface area contributed by atoms with Crippen molar-refractivity contribution in [2.45, 2.75) is 45.4 Å². The molecule has 5 rings (SSSR count). The second kappa shape index (κ2) is 12.7. The van der Waals surface area contributed by atoms with Crippen molar-refractivity contribution >= 4 is 58.7 Å². The zero-order valence-corrected chi connectivity index (χ0v) is 26.1. The first kappa shape index (κ1) is 29.2. The monoisotopic (exact) mass is 645 g/mol. The summed E-state index contributed by atoms with van der Waals surface area (Å²) in [4.78, 5) is 27.6. The number of aromatic nitrogens is 6. The fourth-order valence-corrected chi connectivity index (χ4v) is 5.74. The van der Waals surface area contributed by atoms with Gasteiger partial charge in [0, 0.05) is 34.3 Å². The van der Waals surface area contributed by atoms with Gasteiger partial charge in [0.05, 0.1) is 41.5 Å². The molecule has 1 aliphatic rings. The molecule has 3 aromatic heterocycles. The second-order valence-corrected chi connectivity index (χ2v) is 17.6. The normalized spacial score (nSPS) is 14.2. The van der Waals surface area contributed by atoms with Gasteiger partial charge in [-0.25, -0.2) is 9.78 Å². The smallest absolute Gasteiger partial charge is 0.404 e. The quantitative estimate of drug-likeness (QED) is 0.154. The number of carboxylic acid groups (broad SMARTS) is 1. The molecule has 0 aliphatic carbocycles. The van der Waals surface area contributed by atoms with Crippen LogP contribution in [0.3, 0.4) is 0 Å². The van der Waals surface area contributed by atoms with Crippen LogP contribution in [-0.4, -0.2) is 87.9 Å². The Kier molecular flexibility index (Phi) is 9.06. The third-order valence-electron chi connectivity index (χ3n) is 6.83. The zero-order chi connectivity index (χ0) is 29.0. The van der Waals surface area contributed by atoms with Crippen molar-refractivity contribution in [3.63, 3.8) is 0 Å². The molecule has 41 heavy (non-hydrogen) atoms. The highest BCUT2D eigenvalue weighted by Gasteiger charge is 2.20. The molecular weight excluding hydrogens is 610 g/mol. The Balaban J connectivity index is 1.45. The summed E-state index contributed by atoms with van der Waals surface area (Å²) in [6, 6.07) is 6.98. The van der Waals surface area contributed by atoms with E-state index in [4.69, 9.17) is 29.5 Å². The average molecular weight is 647 g/mol. The Hall–Kier alpha value is -3.27. The van der Waals surface area contributed by atoms with Crippen LogP contribution >= 0.6 is 15.9 Å². The van der Waals surface area contributed by atoms with Gasteiger partial charge in [-0.15, -0.1) is 0 Å². The van der Waals surface area contributed by atoms with Gasteiger partial charge in [0.2, 0.25) is 11.9 Å². The maximum atomic E-state index is 11.0. The van der Waals surface area contributed by atoms with Crippen LogP contribution in [0.1, 0.15) is 11.4 Å². The first-order valence-electron chi connectivity index (χ1n) is 13.7. The number of hydrogen-bond acceptors (Lipinski definition) is 9. The van der Waals surface area contributed by atoms with Crippen molar-refractivity contribution < 1.29 is 19.4 Å². The predicted octanol–water partition coefficient (Wildman–Crippen LogP) is 3.81. The zero-order valence-electron chi connectivity index (χ0n) is 23.6. The van der Waals surface area contributed by atoms with Crippen LogP contribution in [0.4, 0.5) is 16.7 Å². The molecule has 0 unspecified atom stereocenters. The van der Waals surface area contributed by atoms with Crippen LogP contribution in [0.5, 0.6) is 0 Å². The molecule has 1 saturated heterocycles. The van der Waals surface area contributed by atoms with E-state index in [9.17, 15) is 4.79 Å². The van der Waals surface area contributed by atoms with Gasteiger partial charge in [0.25, 0.3) is 0 Å². The minimum absolute atomic E-state index is 0.307. The fraction of sp³-hybridized carbons (Fsp3) is 0.500. The molecule has 1 aromatic carbocycles. The van der Waals surface area contributed by atoms with Crippen LogP contribution in [0.15, 0.2) is 28.9 Å². The van der Waals surface area contributed by atoms with Gasteiger partial charge in [-0.3, -0.25) is 0 Å². The molecule has 0 bridgehead atoms. The number of anilines is 2. The number of nitrogens with one attached hydrogen (secondary N) is 2. The summed E-state index contributed by atoms with van der Waals surface area (Å²) in [7, 11) is -1.25. The molecule has 0 atom stereocenters. The number of hydrogen-bond donors (Lipinski definition) is 3. The summed E-state index contributed by atoms with van der Waals surface area (Å²) in [5.74, 6) is 1.93. The summed E-state index contributed by atoms with van der Waals surface area (Å²) in [6.45, 7) is 11.3. The number of halogens is 1. The van der Waals surface area contributed by atoms with Gasteiger partial charge in [-0.1, -0.05) is 31.8 Å². The standard InChI is InChI=1S/C26H36BrN9O4Si/c1-41(2,3)14-13-40-17-35-21(31-20-6-4-5-18(22(20)35)7-8-28-26(37)38)16-29-24-33-25(34-9-11-39-12-10-34)32-23-19(27)15-30-36(23)24/h4-6,15,28H,7-14,16-17H2,1-3H3,(H,37,38)(H,29,32,33). The molecule has 0 spiro atoms. The molecule has 1 fully saturated rings. The van der Waals surface area contributed by atoms with Crippen LogP contribution in [0.25, 0.3) is 16.7 Å². The summed E-state index contributed by atoms with van der Waals surface area (Å²) < 4.78 is 16.2. The predicted molar refractivity (Wildman–Crippen MR) is 162 cm³/mol. The van der Waals surface area contributed by atoms with E-state index in [-0.39, 0.29) is 0 Å². The number of fused-ring (bicyclic) bond motifs is 2. The van der Waals surface area contributed by atoms with Crippen molar-refractivity contribution in [2.75, 3.05) is 49.7 Å². The van der Waals surface area contributed by atoms with E-state index >= 15 is 0 Å². The lowest BCUT2D eigenvalue weighted by atomic mass is 10.1. The first-order valence-corrected chi connectivity index (χ1v) is 18.2. The number of nitrogens with zero attached hydrogens (tertiary/aromatic N) is 7. The van der Waals surface area contributed by atoms with Gasteiger partial charge in [0.15, 0.2) is 5.65 Å². The van der Waals surface area contributed by atoms with Crippen molar-refractivity contribution in [3.05, 3.63) is 40.3 Å². The lowest BCUT2D eigenvalue weighted by Gasteiger charge is -2.27.